The van der Waals surface area contributed by atoms with E-state index in [1.807, 2.05) is 13.1 Å². The Morgan fingerprint density at radius 3 is 2.86 bits per heavy atom. The highest BCUT2D eigenvalue weighted by atomic mass is 79.9. The standard InChI is InChI=1S/C10H10BrNOS/c1-12-9(8-3-2-6-14-8)7-4-5-13-10(7)11/h2-6,9,12H,1H3. The summed E-state index contributed by atoms with van der Waals surface area (Å²) in [5.74, 6) is 0. The number of hydrogen-bond donors (Lipinski definition) is 1. The summed E-state index contributed by atoms with van der Waals surface area (Å²) in [4.78, 5) is 1.29. The lowest BCUT2D eigenvalue weighted by molar-refractivity contribution is 0.531. The highest BCUT2D eigenvalue weighted by molar-refractivity contribution is 9.10. The van der Waals surface area contributed by atoms with E-state index in [-0.39, 0.29) is 6.04 Å². The van der Waals surface area contributed by atoms with Crippen LogP contribution in [0.15, 0.2) is 38.9 Å². The van der Waals surface area contributed by atoms with Gasteiger partial charge in [0, 0.05) is 10.4 Å². The lowest BCUT2D eigenvalue weighted by atomic mass is 10.1. The van der Waals surface area contributed by atoms with E-state index in [0.29, 0.717) is 0 Å². The Labute approximate surface area is 95.1 Å². The Hall–Kier alpha value is -0.580. The normalized spacial score (nSPS) is 13.0. The van der Waals surface area contributed by atoms with Crippen LogP contribution in [0.25, 0.3) is 0 Å². The van der Waals surface area contributed by atoms with Crippen molar-refractivity contribution in [1.82, 2.24) is 5.32 Å². The van der Waals surface area contributed by atoms with E-state index in [1.54, 1.807) is 17.6 Å². The van der Waals surface area contributed by atoms with Gasteiger partial charge in [-0.2, -0.15) is 0 Å². The van der Waals surface area contributed by atoms with Crippen molar-refractivity contribution >= 4 is 27.3 Å². The molecule has 1 N–H and O–H groups in total. The van der Waals surface area contributed by atoms with Gasteiger partial charge in [-0.05, 0) is 40.5 Å². The molecule has 1 unspecified atom stereocenters. The molecule has 0 aliphatic rings. The van der Waals surface area contributed by atoms with Crippen LogP contribution in [0.5, 0.6) is 0 Å². The Morgan fingerprint density at radius 2 is 2.36 bits per heavy atom. The van der Waals surface area contributed by atoms with E-state index in [9.17, 15) is 0 Å². The van der Waals surface area contributed by atoms with Gasteiger partial charge < -0.3 is 9.73 Å². The van der Waals surface area contributed by atoms with Crippen LogP contribution in [0.4, 0.5) is 0 Å². The van der Waals surface area contributed by atoms with Gasteiger partial charge in [-0.1, -0.05) is 6.07 Å². The molecule has 2 heterocycles. The minimum atomic E-state index is 0.211. The summed E-state index contributed by atoms with van der Waals surface area (Å²) in [6.07, 6.45) is 1.69. The van der Waals surface area contributed by atoms with Crippen molar-refractivity contribution in [2.75, 3.05) is 7.05 Å². The van der Waals surface area contributed by atoms with Crippen molar-refractivity contribution in [1.29, 1.82) is 0 Å². The minimum Gasteiger partial charge on any atom is -0.457 e. The largest absolute Gasteiger partial charge is 0.457 e. The predicted molar refractivity (Wildman–Crippen MR) is 61.6 cm³/mol. The first kappa shape index (κ1) is 9.96. The van der Waals surface area contributed by atoms with Gasteiger partial charge in [-0.15, -0.1) is 11.3 Å². The lowest BCUT2D eigenvalue weighted by Gasteiger charge is -2.12. The van der Waals surface area contributed by atoms with Crippen molar-refractivity contribution in [2.24, 2.45) is 0 Å². The topological polar surface area (TPSA) is 25.2 Å². The predicted octanol–water partition coefficient (Wildman–Crippen LogP) is 3.41. The van der Waals surface area contributed by atoms with Crippen molar-refractivity contribution in [2.45, 2.75) is 6.04 Å². The van der Waals surface area contributed by atoms with Gasteiger partial charge >= 0.3 is 0 Å². The molecular weight excluding hydrogens is 262 g/mol. The second kappa shape index (κ2) is 4.29. The molecule has 2 aromatic heterocycles. The highest BCUT2D eigenvalue weighted by Gasteiger charge is 2.17. The van der Waals surface area contributed by atoms with E-state index in [1.165, 1.54) is 4.88 Å². The third-order valence-electron chi connectivity index (χ3n) is 2.07. The second-order valence-electron chi connectivity index (χ2n) is 2.89. The number of furan rings is 1. The summed E-state index contributed by atoms with van der Waals surface area (Å²) >= 11 is 5.13. The zero-order valence-electron chi connectivity index (χ0n) is 7.66. The SMILES string of the molecule is CNC(c1cccs1)c1ccoc1Br. The van der Waals surface area contributed by atoms with Crippen molar-refractivity contribution in [3.8, 4) is 0 Å². The van der Waals surface area contributed by atoms with Crippen LogP contribution in [0.3, 0.4) is 0 Å². The molecule has 74 valence electrons. The highest BCUT2D eigenvalue weighted by Crippen LogP contribution is 2.31. The van der Waals surface area contributed by atoms with Crippen molar-refractivity contribution in [3.05, 3.63) is 45.0 Å². The fourth-order valence-electron chi connectivity index (χ4n) is 1.42. The molecule has 14 heavy (non-hydrogen) atoms. The molecule has 0 aromatic carbocycles. The molecule has 0 saturated heterocycles. The summed E-state index contributed by atoms with van der Waals surface area (Å²) in [5.41, 5.74) is 1.13. The zero-order chi connectivity index (χ0) is 9.97. The van der Waals surface area contributed by atoms with Crippen molar-refractivity contribution < 1.29 is 4.42 Å². The second-order valence-corrected chi connectivity index (χ2v) is 4.59. The maximum absolute atomic E-state index is 5.23. The monoisotopic (exact) mass is 271 g/mol. The summed E-state index contributed by atoms with van der Waals surface area (Å²) in [5, 5.41) is 5.35. The molecule has 0 bridgehead atoms. The Morgan fingerprint density at radius 1 is 1.50 bits per heavy atom. The van der Waals surface area contributed by atoms with E-state index >= 15 is 0 Å². The Balaban J connectivity index is 2.36. The molecule has 2 aromatic rings. The average molecular weight is 272 g/mol. The quantitative estimate of drug-likeness (QED) is 0.926. The maximum Gasteiger partial charge on any atom is 0.174 e. The molecule has 0 saturated carbocycles. The first-order valence-corrected chi connectivity index (χ1v) is 5.93. The Kier molecular flexibility index (Phi) is 3.05. The molecule has 1 atom stereocenters. The Bertz CT molecular complexity index is 396. The van der Waals surface area contributed by atoms with Crippen LogP contribution in [0.1, 0.15) is 16.5 Å². The summed E-state index contributed by atoms with van der Waals surface area (Å²) in [6, 6.07) is 6.36. The van der Waals surface area contributed by atoms with Crippen LogP contribution >= 0.6 is 27.3 Å². The summed E-state index contributed by atoms with van der Waals surface area (Å²) < 4.78 is 6.02. The molecule has 2 nitrogen and oxygen atoms in total. The molecule has 0 amide bonds. The summed E-state index contributed by atoms with van der Waals surface area (Å²) in [6.45, 7) is 0. The third kappa shape index (κ3) is 1.78. The van der Waals surface area contributed by atoms with Gasteiger partial charge in [0.1, 0.15) is 0 Å². The fraction of sp³-hybridized carbons (Fsp3) is 0.200. The minimum absolute atomic E-state index is 0.211. The number of thiophene rings is 1. The molecule has 0 spiro atoms. The van der Waals surface area contributed by atoms with E-state index < -0.39 is 0 Å². The van der Waals surface area contributed by atoms with E-state index in [4.69, 9.17) is 4.42 Å². The lowest BCUT2D eigenvalue weighted by Crippen LogP contribution is -2.16. The van der Waals surface area contributed by atoms with Gasteiger partial charge in [0.25, 0.3) is 0 Å². The first-order valence-electron chi connectivity index (χ1n) is 4.26. The third-order valence-corrected chi connectivity index (χ3v) is 3.66. The number of hydrogen-bond acceptors (Lipinski definition) is 3. The van der Waals surface area contributed by atoms with Crippen LogP contribution < -0.4 is 5.32 Å². The smallest absolute Gasteiger partial charge is 0.174 e. The number of halogens is 1. The molecule has 4 heteroatoms. The van der Waals surface area contributed by atoms with Crippen molar-refractivity contribution in [3.63, 3.8) is 0 Å². The van der Waals surface area contributed by atoms with Crippen LogP contribution in [-0.4, -0.2) is 7.05 Å². The molecule has 2 rings (SSSR count). The van der Waals surface area contributed by atoms with E-state index in [2.05, 4.69) is 38.8 Å². The average Bonchev–Trinajstić information content (AvgIpc) is 2.80. The van der Waals surface area contributed by atoms with Gasteiger partial charge in [-0.25, -0.2) is 0 Å². The number of rotatable bonds is 3. The van der Waals surface area contributed by atoms with Crippen LogP contribution in [-0.2, 0) is 0 Å². The van der Waals surface area contributed by atoms with Crippen LogP contribution in [0, 0.1) is 0 Å². The molecule has 0 radical (unpaired) electrons. The molecule has 0 aliphatic carbocycles. The van der Waals surface area contributed by atoms with Gasteiger partial charge in [0.2, 0.25) is 0 Å². The molecular formula is C10H10BrNOS. The fourth-order valence-corrected chi connectivity index (χ4v) is 2.74. The maximum atomic E-state index is 5.23. The number of nitrogens with one attached hydrogen (secondary N) is 1. The molecule has 0 aliphatic heterocycles. The van der Waals surface area contributed by atoms with E-state index in [0.717, 1.165) is 10.2 Å². The van der Waals surface area contributed by atoms with Crippen LogP contribution in [0.2, 0.25) is 0 Å². The van der Waals surface area contributed by atoms with Gasteiger partial charge in [0.05, 0.1) is 12.3 Å². The zero-order valence-corrected chi connectivity index (χ0v) is 10.1. The summed E-state index contributed by atoms with van der Waals surface area (Å²) in [7, 11) is 1.95. The molecule has 0 fully saturated rings. The van der Waals surface area contributed by atoms with Gasteiger partial charge in [-0.3, -0.25) is 0 Å². The first-order chi connectivity index (χ1) is 6.83. The van der Waals surface area contributed by atoms with Gasteiger partial charge in [0.15, 0.2) is 4.67 Å².